The Hall–Kier alpha value is -2.11. The zero-order valence-electron chi connectivity index (χ0n) is 9.92. The fourth-order valence-electron chi connectivity index (χ4n) is 1.44. The fourth-order valence-corrected chi connectivity index (χ4v) is 1.44. The summed E-state index contributed by atoms with van der Waals surface area (Å²) in [6.45, 7) is 4.24. The van der Waals surface area contributed by atoms with Crippen molar-refractivity contribution < 1.29 is 10.0 Å². The lowest BCUT2D eigenvalue weighted by molar-refractivity contribution is 0.0785. The number of carbonyl (C=O) groups excluding carboxylic acids is 1. The van der Waals surface area contributed by atoms with Gasteiger partial charge in [0.2, 0.25) is 0 Å². The number of likely N-dealkylation sites (N-methyl/N-ethyl adjacent to an activating group) is 1. The summed E-state index contributed by atoms with van der Waals surface area (Å²) >= 11 is 0. The van der Waals surface area contributed by atoms with Gasteiger partial charge >= 0.3 is 0 Å². The van der Waals surface area contributed by atoms with Crippen LogP contribution in [0.25, 0.3) is 0 Å². The smallest absolute Gasteiger partial charge is 0.254 e. The molecule has 0 spiro atoms. The van der Waals surface area contributed by atoms with E-state index in [1.165, 1.54) is 4.90 Å². The van der Waals surface area contributed by atoms with Crippen LogP contribution in [0.2, 0.25) is 0 Å². The average Bonchev–Trinajstić information content (AvgIpc) is 2.35. The molecule has 0 saturated carbocycles. The molecule has 0 bridgehead atoms. The first-order valence-electron chi connectivity index (χ1n) is 5.26. The molecule has 0 aromatic carbocycles. The molecule has 0 saturated heterocycles. The van der Waals surface area contributed by atoms with E-state index in [0.717, 1.165) is 5.56 Å². The summed E-state index contributed by atoms with van der Waals surface area (Å²) in [5.41, 5.74) is 6.77. The molecular formula is C11H16N4O2. The molecule has 6 nitrogen and oxygen atoms in total. The third-order valence-electron chi connectivity index (χ3n) is 2.40. The summed E-state index contributed by atoms with van der Waals surface area (Å²) in [6.07, 6.45) is 3.20. The number of oxime groups is 1. The first-order chi connectivity index (χ1) is 8.10. The van der Waals surface area contributed by atoms with Gasteiger partial charge in [0.25, 0.3) is 5.91 Å². The van der Waals surface area contributed by atoms with Crippen molar-refractivity contribution in [1.29, 1.82) is 0 Å². The second-order valence-electron chi connectivity index (χ2n) is 3.60. The lowest BCUT2D eigenvalue weighted by Gasteiger charge is -2.20. The van der Waals surface area contributed by atoms with Gasteiger partial charge in [0.15, 0.2) is 5.84 Å². The number of aromatic nitrogens is 1. The van der Waals surface area contributed by atoms with E-state index >= 15 is 0 Å². The van der Waals surface area contributed by atoms with Crippen LogP contribution >= 0.6 is 0 Å². The maximum atomic E-state index is 12.2. The third-order valence-corrected chi connectivity index (χ3v) is 2.40. The Bertz CT molecular complexity index is 431. The minimum Gasteiger partial charge on any atom is -0.409 e. The molecule has 0 aliphatic rings. The molecule has 0 radical (unpaired) electrons. The Morgan fingerprint density at radius 2 is 2.35 bits per heavy atom. The van der Waals surface area contributed by atoms with Crippen LogP contribution in [0.5, 0.6) is 0 Å². The zero-order chi connectivity index (χ0) is 12.8. The summed E-state index contributed by atoms with van der Waals surface area (Å²) in [4.78, 5) is 17.6. The van der Waals surface area contributed by atoms with E-state index in [9.17, 15) is 4.79 Å². The van der Waals surface area contributed by atoms with E-state index in [0.29, 0.717) is 12.1 Å². The fraction of sp³-hybridized carbons (Fsp3) is 0.364. The van der Waals surface area contributed by atoms with Crippen molar-refractivity contribution in [2.75, 3.05) is 13.1 Å². The highest BCUT2D eigenvalue weighted by molar-refractivity contribution is 5.97. The number of pyridine rings is 1. The highest BCUT2D eigenvalue weighted by Crippen LogP contribution is 2.08. The average molecular weight is 236 g/mol. The lowest BCUT2D eigenvalue weighted by Crippen LogP contribution is -2.38. The molecule has 1 heterocycles. The predicted molar refractivity (Wildman–Crippen MR) is 64.0 cm³/mol. The van der Waals surface area contributed by atoms with Crippen LogP contribution in [0.3, 0.4) is 0 Å². The Kier molecular flexibility index (Phi) is 4.45. The molecule has 1 amide bonds. The van der Waals surface area contributed by atoms with Crippen molar-refractivity contribution in [2.45, 2.75) is 13.8 Å². The second-order valence-corrected chi connectivity index (χ2v) is 3.60. The van der Waals surface area contributed by atoms with Crippen LogP contribution in [-0.4, -0.2) is 39.9 Å². The molecule has 6 heteroatoms. The molecule has 17 heavy (non-hydrogen) atoms. The molecule has 0 aliphatic carbocycles. The summed E-state index contributed by atoms with van der Waals surface area (Å²) in [5, 5.41) is 11.4. The van der Waals surface area contributed by atoms with E-state index in [1.54, 1.807) is 18.5 Å². The highest BCUT2D eigenvalue weighted by atomic mass is 16.4. The van der Waals surface area contributed by atoms with Crippen molar-refractivity contribution in [3.63, 3.8) is 0 Å². The van der Waals surface area contributed by atoms with Crippen molar-refractivity contribution in [3.05, 3.63) is 29.6 Å². The van der Waals surface area contributed by atoms with Crippen LogP contribution in [0.4, 0.5) is 0 Å². The van der Waals surface area contributed by atoms with Crippen molar-refractivity contribution in [2.24, 2.45) is 10.9 Å². The van der Waals surface area contributed by atoms with Crippen molar-refractivity contribution >= 4 is 11.7 Å². The molecule has 92 valence electrons. The molecule has 0 aliphatic heterocycles. The number of nitrogens with two attached hydrogens (primary N) is 1. The van der Waals surface area contributed by atoms with Crippen LogP contribution in [0.15, 0.2) is 23.6 Å². The predicted octanol–water partition coefficient (Wildman–Crippen LogP) is 0.599. The minimum absolute atomic E-state index is 0.00640. The Balaban J connectivity index is 2.91. The number of aryl methyl sites for hydroxylation is 1. The maximum Gasteiger partial charge on any atom is 0.254 e. The maximum absolute atomic E-state index is 12.2. The Labute approximate surface area is 99.7 Å². The molecule has 0 fully saturated rings. The van der Waals surface area contributed by atoms with Gasteiger partial charge in [0, 0.05) is 24.5 Å². The van der Waals surface area contributed by atoms with Crippen LogP contribution in [0.1, 0.15) is 22.8 Å². The van der Waals surface area contributed by atoms with Gasteiger partial charge in [-0.3, -0.25) is 9.78 Å². The largest absolute Gasteiger partial charge is 0.409 e. The van der Waals surface area contributed by atoms with Gasteiger partial charge in [0.1, 0.15) is 0 Å². The van der Waals surface area contributed by atoms with E-state index in [2.05, 4.69) is 10.1 Å². The molecule has 0 atom stereocenters. The quantitative estimate of drug-likeness (QED) is 0.346. The molecule has 0 unspecified atom stereocenters. The van der Waals surface area contributed by atoms with Gasteiger partial charge in [-0.05, 0) is 25.5 Å². The summed E-state index contributed by atoms with van der Waals surface area (Å²) in [7, 11) is 0. The van der Waals surface area contributed by atoms with Crippen LogP contribution in [-0.2, 0) is 0 Å². The Morgan fingerprint density at radius 1 is 1.65 bits per heavy atom. The van der Waals surface area contributed by atoms with Gasteiger partial charge < -0.3 is 15.8 Å². The SMILES string of the molecule is CCN(C/C(N)=N/O)C(=O)c1ccncc1C. The monoisotopic (exact) mass is 236 g/mol. The molecule has 1 aromatic heterocycles. The van der Waals surface area contributed by atoms with Crippen molar-refractivity contribution in [3.8, 4) is 0 Å². The zero-order valence-corrected chi connectivity index (χ0v) is 9.92. The number of rotatable bonds is 4. The first-order valence-corrected chi connectivity index (χ1v) is 5.26. The number of hydrogen-bond donors (Lipinski definition) is 2. The van der Waals surface area contributed by atoms with E-state index in [1.807, 2.05) is 13.8 Å². The number of carbonyl (C=O) groups is 1. The summed E-state index contributed by atoms with van der Waals surface area (Å²) < 4.78 is 0. The van der Waals surface area contributed by atoms with Crippen molar-refractivity contribution in [1.82, 2.24) is 9.88 Å². The van der Waals surface area contributed by atoms with Gasteiger partial charge in [-0.1, -0.05) is 5.16 Å². The highest BCUT2D eigenvalue weighted by Gasteiger charge is 2.17. The van der Waals surface area contributed by atoms with E-state index in [-0.39, 0.29) is 18.3 Å². The molecule has 3 N–H and O–H groups in total. The van der Waals surface area contributed by atoms with E-state index in [4.69, 9.17) is 10.9 Å². The second kappa shape index (κ2) is 5.83. The number of amides is 1. The van der Waals surface area contributed by atoms with Gasteiger partial charge in [0.05, 0.1) is 6.54 Å². The van der Waals surface area contributed by atoms with Crippen LogP contribution in [0, 0.1) is 6.92 Å². The van der Waals surface area contributed by atoms with E-state index < -0.39 is 0 Å². The van der Waals surface area contributed by atoms with Gasteiger partial charge in [-0.25, -0.2) is 0 Å². The summed E-state index contributed by atoms with van der Waals surface area (Å²) in [6, 6.07) is 1.66. The standard InChI is InChI=1S/C11H16N4O2/c1-3-15(7-10(12)14-17)11(16)9-4-5-13-6-8(9)2/h4-6,17H,3,7H2,1-2H3,(H2,12,14). The number of nitrogens with zero attached hydrogens (tertiary/aromatic N) is 3. The van der Waals surface area contributed by atoms with Gasteiger partial charge in [-0.2, -0.15) is 0 Å². The molecule has 1 rings (SSSR count). The van der Waals surface area contributed by atoms with Crippen LogP contribution < -0.4 is 5.73 Å². The topological polar surface area (TPSA) is 91.8 Å². The minimum atomic E-state index is -0.154. The normalized spacial score (nSPS) is 11.3. The number of hydrogen-bond acceptors (Lipinski definition) is 4. The first kappa shape index (κ1) is 13.0. The molecular weight excluding hydrogens is 220 g/mol. The van der Waals surface area contributed by atoms with Gasteiger partial charge in [-0.15, -0.1) is 0 Å². The Morgan fingerprint density at radius 3 is 2.88 bits per heavy atom. The molecule has 1 aromatic rings. The third kappa shape index (κ3) is 3.17. The number of amidine groups is 1. The summed E-state index contributed by atoms with van der Waals surface area (Å²) in [5.74, 6) is -0.147. The lowest BCUT2D eigenvalue weighted by atomic mass is 10.1.